The van der Waals surface area contributed by atoms with Crippen molar-refractivity contribution in [1.29, 1.82) is 0 Å². The van der Waals surface area contributed by atoms with Gasteiger partial charge in [-0.15, -0.1) is 0 Å². The zero-order chi connectivity index (χ0) is 19.6. The molecule has 1 unspecified atom stereocenters. The number of fused-ring (bicyclic) bond motifs is 1. The minimum atomic E-state index is -2.62. The van der Waals surface area contributed by atoms with E-state index in [4.69, 9.17) is 0 Å². The lowest BCUT2D eigenvalue weighted by Gasteiger charge is -2.09. The van der Waals surface area contributed by atoms with Gasteiger partial charge in [-0.3, -0.25) is 14.3 Å². The van der Waals surface area contributed by atoms with Crippen LogP contribution in [-0.2, 0) is 30.9 Å². The van der Waals surface area contributed by atoms with Crippen LogP contribution < -0.4 is 15.4 Å². The first-order valence-electron chi connectivity index (χ1n) is 8.53. The zero-order valence-corrected chi connectivity index (χ0v) is 15.7. The number of nitrogens with one attached hydrogen (secondary N) is 1. The summed E-state index contributed by atoms with van der Waals surface area (Å²) < 4.78 is 28.7. The SMILES string of the molecule is CCCn1c(=O)[nH]c2c(nc(Cc3ccc(OS(=O)[O-])cc3)n2CC)c1=O. The summed E-state index contributed by atoms with van der Waals surface area (Å²) in [5.41, 5.74) is 0.673. The summed E-state index contributed by atoms with van der Waals surface area (Å²) in [7, 11) is 0. The average molecular weight is 391 g/mol. The fourth-order valence-electron chi connectivity index (χ4n) is 2.99. The molecule has 0 fully saturated rings. The highest BCUT2D eigenvalue weighted by Gasteiger charge is 2.16. The van der Waals surface area contributed by atoms with Crippen molar-refractivity contribution in [2.24, 2.45) is 0 Å². The van der Waals surface area contributed by atoms with Gasteiger partial charge in [0.15, 0.2) is 5.52 Å². The van der Waals surface area contributed by atoms with Crippen LogP contribution in [0.3, 0.4) is 0 Å². The number of H-pyrrole nitrogens is 1. The lowest BCUT2D eigenvalue weighted by molar-refractivity contribution is 0.440. The van der Waals surface area contributed by atoms with E-state index in [0.29, 0.717) is 37.4 Å². The van der Waals surface area contributed by atoms with Crippen LogP contribution in [-0.4, -0.2) is 27.9 Å². The van der Waals surface area contributed by atoms with Gasteiger partial charge in [-0.05, 0) is 31.0 Å². The van der Waals surface area contributed by atoms with Crippen LogP contribution in [0.25, 0.3) is 11.2 Å². The molecule has 0 aliphatic rings. The summed E-state index contributed by atoms with van der Waals surface area (Å²) in [5, 5.41) is 0. The van der Waals surface area contributed by atoms with Crippen molar-refractivity contribution < 1.29 is 12.9 Å². The van der Waals surface area contributed by atoms with Gasteiger partial charge >= 0.3 is 5.69 Å². The molecular formula is C17H19N4O5S-. The van der Waals surface area contributed by atoms with E-state index in [2.05, 4.69) is 14.2 Å². The molecule has 27 heavy (non-hydrogen) atoms. The quantitative estimate of drug-likeness (QED) is 0.602. The van der Waals surface area contributed by atoms with Crippen LogP contribution in [0.1, 0.15) is 31.7 Å². The van der Waals surface area contributed by atoms with Crippen LogP contribution in [0.4, 0.5) is 0 Å². The fraction of sp³-hybridized carbons (Fsp3) is 0.353. The third-order valence-electron chi connectivity index (χ3n) is 4.18. The minimum absolute atomic E-state index is 0.211. The molecule has 1 atom stereocenters. The highest BCUT2D eigenvalue weighted by atomic mass is 32.2. The molecule has 0 aliphatic carbocycles. The lowest BCUT2D eigenvalue weighted by atomic mass is 10.1. The lowest BCUT2D eigenvalue weighted by Crippen LogP contribution is -2.35. The van der Waals surface area contributed by atoms with Gasteiger partial charge in [-0.1, -0.05) is 19.1 Å². The number of nitrogens with zero attached hydrogens (tertiary/aromatic N) is 3. The Morgan fingerprint density at radius 2 is 1.89 bits per heavy atom. The molecule has 1 N–H and O–H groups in total. The van der Waals surface area contributed by atoms with E-state index in [1.54, 1.807) is 28.8 Å². The Kier molecular flexibility index (Phi) is 5.57. The van der Waals surface area contributed by atoms with Crippen molar-refractivity contribution >= 4 is 22.5 Å². The molecule has 1 aromatic carbocycles. The van der Waals surface area contributed by atoms with Crippen molar-refractivity contribution in [3.63, 3.8) is 0 Å². The van der Waals surface area contributed by atoms with Gasteiger partial charge in [-0.2, -0.15) is 0 Å². The Morgan fingerprint density at radius 1 is 1.19 bits per heavy atom. The summed E-state index contributed by atoms with van der Waals surface area (Å²) in [6, 6.07) is 6.53. The molecule has 0 bridgehead atoms. The largest absolute Gasteiger partial charge is 0.740 e. The molecule has 9 nitrogen and oxygen atoms in total. The first-order chi connectivity index (χ1) is 12.9. The highest BCUT2D eigenvalue weighted by molar-refractivity contribution is 7.74. The molecule has 0 aliphatic heterocycles. The number of hydrogen-bond donors (Lipinski definition) is 1. The maximum atomic E-state index is 12.6. The van der Waals surface area contributed by atoms with E-state index < -0.39 is 22.6 Å². The van der Waals surface area contributed by atoms with Gasteiger partial charge in [0, 0.05) is 19.5 Å². The number of rotatable bonds is 7. The summed E-state index contributed by atoms with van der Waals surface area (Å²) in [5.74, 6) is 0.846. The summed E-state index contributed by atoms with van der Waals surface area (Å²) >= 11 is -2.62. The Bertz CT molecular complexity index is 1100. The van der Waals surface area contributed by atoms with Gasteiger partial charge in [0.25, 0.3) is 5.56 Å². The van der Waals surface area contributed by atoms with Crippen molar-refractivity contribution in [3.05, 3.63) is 56.5 Å². The molecule has 2 aromatic heterocycles. The number of imidazole rings is 1. The molecule has 3 rings (SSSR count). The van der Waals surface area contributed by atoms with Gasteiger partial charge < -0.3 is 13.3 Å². The first kappa shape index (κ1) is 19.1. The molecule has 144 valence electrons. The fourth-order valence-corrected chi connectivity index (χ4v) is 3.26. The second-order valence-corrected chi connectivity index (χ2v) is 6.54. The number of aromatic nitrogens is 4. The topological polar surface area (TPSA) is 122 Å². The maximum Gasteiger partial charge on any atom is 0.330 e. The van der Waals surface area contributed by atoms with Gasteiger partial charge in [0.1, 0.15) is 28.6 Å². The van der Waals surface area contributed by atoms with Crippen LogP contribution in [0.2, 0.25) is 0 Å². The van der Waals surface area contributed by atoms with Crippen molar-refractivity contribution in [2.75, 3.05) is 0 Å². The van der Waals surface area contributed by atoms with Crippen molar-refractivity contribution in [1.82, 2.24) is 19.1 Å². The normalized spacial score (nSPS) is 12.4. The maximum absolute atomic E-state index is 12.6. The predicted octanol–water partition coefficient (Wildman–Crippen LogP) is 1.08. The van der Waals surface area contributed by atoms with Gasteiger partial charge in [0.2, 0.25) is 0 Å². The molecule has 0 radical (unpaired) electrons. The Morgan fingerprint density at radius 3 is 2.48 bits per heavy atom. The number of hydrogen-bond acceptors (Lipinski definition) is 6. The number of aryl methyl sites for hydroxylation is 1. The van der Waals surface area contributed by atoms with Gasteiger partial charge in [0.05, 0.1) is 0 Å². The molecule has 2 heterocycles. The first-order valence-corrected chi connectivity index (χ1v) is 9.53. The van der Waals surface area contributed by atoms with Crippen LogP contribution in [0, 0.1) is 0 Å². The highest BCUT2D eigenvalue weighted by Crippen LogP contribution is 2.17. The average Bonchev–Trinajstić information content (AvgIpc) is 2.97. The van der Waals surface area contributed by atoms with Crippen molar-refractivity contribution in [3.8, 4) is 5.75 Å². The Balaban J connectivity index is 2.01. The van der Waals surface area contributed by atoms with E-state index in [1.807, 2.05) is 13.8 Å². The zero-order valence-electron chi connectivity index (χ0n) is 14.9. The second-order valence-electron chi connectivity index (χ2n) is 5.96. The van der Waals surface area contributed by atoms with Crippen molar-refractivity contribution in [2.45, 2.75) is 39.8 Å². The summed E-state index contributed by atoms with van der Waals surface area (Å²) in [6.07, 6.45) is 1.08. The molecule has 0 spiro atoms. The third-order valence-corrected chi connectivity index (χ3v) is 4.51. The standard InChI is InChI=1S/C17H20N4O5S/c1-3-9-21-16(22)14-15(19-17(21)23)20(4-2)13(18-14)10-11-5-7-12(8-6-11)26-27(24)25/h5-8H,3-4,9-10H2,1-2H3,(H,19,23)(H,24,25)/p-1. The monoisotopic (exact) mass is 391 g/mol. The van der Waals surface area contributed by atoms with E-state index in [1.165, 1.54) is 0 Å². The van der Waals surface area contributed by atoms with E-state index in [-0.39, 0.29) is 11.3 Å². The third kappa shape index (κ3) is 3.86. The van der Waals surface area contributed by atoms with E-state index in [0.717, 1.165) is 10.1 Å². The molecular weight excluding hydrogens is 372 g/mol. The molecule has 0 saturated heterocycles. The van der Waals surface area contributed by atoms with Crippen LogP contribution >= 0.6 is 0 Å². The minimum Gasteiger partial charge on any atom is -0.740 e. The Hall–Kier alpha value is -2.72. The molecule has 3 aromatic rings. The van der Waals surface area contributed by atoms with E-state index in [9.17, 15) is 18.4 Å². The summed E-state index contributed by atoms with van der Waals surface area (Å²) in [4.78, 5) is 32.0. The van der Waals surface area contributed by atoms with E-state index >= 15 is 0 Å². The van der Waals surface area contributed by atoms with Crippen LogP contribution in [0.5, 0.6) is 5.75 Å². The smallest absolute Gasteiger partial charge is 0.330 e. The molecule has 0 saturated carbocycles. The predicted molar refractivity (Wildman–Crippen MR) is 99.4 cm³/mol. The number of benzene rings is 1. The molecule has 0 amide bonds. The second kappa shape index (κ2) is 7.89. The molecule has 10 heteroatoms. The van der Waals surface area contributed by atoms with Gasteiger partial charge in [-0.25, -0.2) is 14.0 Å². The number of aromatic amines is 1. The summed E-state index contributed by atoms with van der Waals surface area (Å²) in [6.45, 7) is 4.67. The Labute approximate surface area is 157 Å². The van der Waals surface area contributed by atoms with Crippen LogP contribution in [0.15, 0.2) is 33.9 Å².